The number of hydrogen-bond donors (Lipinski definition) is 2. The molecule has 2 rings (SSSR count). The molecular weight excluding hydrogens is 238 g/mol. The maximum absolute atomic E-state index is 4.41. The molecular formula is C14H19N5. The molecule has 2 aromatic heterocycles. The van der Waals surface area contributed by atoms with Gasteiger partial charge in [0.15, 0.2) is 0 Å². The molecule has 0 saturated heterocycles. The first-order valence-electron chi connectivity index (χ1n) is 6.27. The first kappa shape index (κ1) is 13.3. The van der Waals surface area contributed by atoms with Gasteiger partial charge in [-0.1, -0.05) is 19.9 Å². The zero-order valence-electron chi connectivity index (χ0n) is 11.5. The number of nitrogens with zero attached hydrogens (tertiary/aromatic N) is 3. The second kappa shape index (κ2) is 5.65. The second-order valence-electron chi connectivity index (χ2n) is 4.99. The fourth-order valence-corrected chi connectivity index (χ4v) is 1.76. The van der Waals surface area contributed by atoms with Crippen molar-refractivity contribution in [3.05, 3.63) is 42.5 Å². The summed E-state index contributed by atoms with van der Waals surface area (Å²) in [5.41, 5.74) is 0.997. The highest BCUT2D eigenvalue weighted by Gasteiger charge is 2.21. The van der Waals surface area contributed by atoms with E-state index >= 15 is 0 Å². The predicted octanol–water partition coefficient (Wildman–Crippen LogP) is 2.30. The van der Waals surface area contributed by atoms with Gasteiger partial charge in [0.1, 0.15) is 18.0 Å². The number of anilines is 2. The third-order valence-electron chi connectivity index (χ3n) is 2.99. The molecule has 5 nitrogen and oxygen atoms in total. The molecule has 2 N–H and O–H groups in total. The summed E-state index contributed by atoms with van der Waals surface area (Å²) in [6.07, 6.45) is 3.36. The van der Waals surface area contributed by atoms with Gasteiger partial charge in [-0.2, -0.15) is 0 Å². The molecule has 0 radical (unpaired) electrons. The highest BCUT2D eigenvalue weighted by molar-refractivity contribution is 5.46. The summed E-state index contributed by atoms with van der Waals surface area (Å²) >= 11 is 0. The van der Waals surface area contributed by atoms with Gasteiger partial charge in [0, 0.05) is 37.0 Å². The van der Waals surface area contributed by atoms with Crippen LogP contribution in [0.4, 0.5) is 11.6 Å². The maximum atomic E-state index is 4.41. The van der Waals surface area contributed by atoms with Gasteiger partial charge >= 0.3 is 0 Å². The number of rotatable bonds is 5. The topological polar surface area (TPSA) is 62.7 Å². The summed E-state index contributed by atoms with van der Waals surface area (Å²) in [5, 5.41) is 6.32. The molecule has 100 valence electrons. The van der Waals surface area contributed by atoms with Crippen LogP contribution >= 0.6 is 0 Å². The lowest BCUT2D eigenvalue weighted by Crippen LogP contribution is -2.28. The van der Waals surface area contributed by atoms with Gasteiger partial charge in [0.05, 0.1) is 0 Å². The lowest BCUT2D eigenvalue weighted by molar-refractivity contribution is 0.537. The second-order valence-corrected chi connectivity index (χ2v) is 4.99. The zero-order valence-corrected chi connectivity index (χ0v) is 11.5. The first-order chi connectivity index (χ1) is 9.12. The van der Waals surface area contributed by atoms with Crippen molar-refractivity contribution >= 4 is 11.6 Å². The minimum absolute atomic E-state index is 0.0635. The Morgan fingerprint density at radius 2 is 1.89 bits per heavy atom. The Bertz CT molecular complexity index is 524. The van der Waals surface area contributed by atoms with Crippen molar-refractivity contribution in [3.63, 3.8) is 0 Å². The Morgan fingerprint density at radius 1 is 1.11 bits per heavy atom. The fourth-order valence-electron chi connectivity index (χ4n) is 1.76. The van der Waals surface area contributed by atoms with E-state index in [9.17, 15) is 0 Å². The van der Waals surface area contributed by atoms with E-state index in [-0.39, 0.29) is 5.41 Å². The normalized spacial score (nSPS) is 11.1. The van der Waals surface area contributed by atoms with Gasteiger partial charge < -0.3 is 10.6 Å². The van der Waals surface area contributed by atoms with Crippen LogP contribution in [0.25, 0.3) is 0 Å². The van der Waals surface area contributed by atoms with Gasteiger partial charge in [0.2, 0.25) is 0 Å². The molecule has 2 heterocycles. The molecule has 0 fully saturated rings. The molecule has 0 amide bonds. The molecule has 0 saturated carbocycles. The van der Waals surface area contributed by atoms with E-state index in [1.807, 2.05) is 37.5 Å². The first-order valence-corrected chi connectivity index (χ1v) is 6.27. The van der Waals surface area contributed by atoms with Gasteiger partial charge in [0.25, 0.3) is 0 Å². The van der Waals surface area contributed by atoms with Gasteiger partial charge in [-0.15, -0.1) is 0 Å². The summed E-state index contributed by atoms with van der Waals surface area (Å²) in [6, 6.07) is 7.86. The van der Waals surface area contributed by atoms with Crippen LogP contribution in [0.2, 0.25) is 0 Å². The van der Waals surface area contributed by atoms with Crippen molar-refractivity contribution in [2.24, 2.45) is 0 Å². The minimum Gasteiger partial charge on any atom is -0.373 e. The lowest BCUT2D eigenvalue weighted by atomic mass is 9.89. The van der Waals surface area contributed by atoms with E-state index < -0.39 is 0 Å². The Balaban J connectivity index is 2.05. The van der Waals surface area contributed by atoms with Crippen LogP contribution < -0.4 is 10.6 Å². The molecule has 0 aromatic carbocycles. The van der Waals surface area contributed by atoms with Crippen molar-refractivity contribution in [1.29, 1.82) is 0 Å². The monoisotopic (exact) mass is 257 g/mol. The van der Waals surface area contributed by atoms with Crippen molar-refractivity contribution < 1.29 is 0 Å². The van der Waals surface area contributed by atoms with E-state index in [1.54, 1.807) is 6.33 Å². The standard InChI is InChI=1S/C14H19N5/c1-14(2,11-6-4-5-7-16-11)9-17-13-8-12(15-3)18-10-19-13/h4-8,10H,9H2,1-3H3,(H2,15,17,18,19). The van der Waals surface area contributed by atoms with E-state index in [4.69, 9.17) is 0 Å². The van der Waals surface area contributed by atoms with Crippen LogP contribution in [-0.4, -0.2) is 28.5 Å². The van der Waals surface area contributed by atoms with Crippen molar-refractivity contribution in [2.45, 2.75) is 19.3 Å². The van der Waals surface area contributed by atoms with Gasteiger partial charge in [-0.3, -0.25) is 4.98 Å². The number of aromatic nitrogens is 3. The fraction of sp³-hybridized carbons (Fsp3) is 0.357. The van der Waals surface area contributed by atoms with E-state index in [0.717, 1.165) is 23.9 Å². The SMILES string of the molecule is CNc1cc(NCC(C)(C)c2ccccn2)ncn1. The molecule has 5 heteroatoms. The molecule has 0 aliphatic heterocycles. The smallest absolute Gasteiger partial charge is 0.131 e. The maximum Gasteiger partial charge on any atom is 0.131 e. The van der Waals surface area contributed by atoms with Gasteiger partial charge in [-0.05, 0) is 12.1 Å². The van der Waals surface area contributed by atoms with Crippen LogP contribution in [0.15, 0.2) is 36.8 Å². The predicted molar refractivity (Wildman–Crippen MR) is 77.3 cm³/mol. The molecule has 0 unspecified atom stereocenters. The molecule has 19 heavy (non-hydrogen) atoms. The van der Waals surface area contributed by atoms with Gasteiger partial charge in [-0.25, -0.2) is 9.97 Å². The van der Waals surface area contributed by atoms with Crippen LogP contribution in [0.1, 0.15) is 19.5 Å². The molecule has 0 bridgehead atoms. The lowest BCUT2D eigenvalue weighted by Gasteiger charge is -2.24. The average Bonchev–Trinajstić information content (AvgIpc) is 2.46. The van der Waals surface area contributed by atoms with Crippen molar-refractivity contribution in [3.8, 4) is 0 Å². The van der Waals surface area contributed by atoms with E-state index in [1.165, 1.54) is 0 Å². The Labute approximate surface area is 113 Å². The molecule has 0 spiro atoms. The molecule has 0 aliphatic carbocycles. The van der Waals surface area contributed by atoms with E-state index in [2.05, 4.69) is 39.4 Å². The third-order valence-corrected chi connectivity index (χ3v) is 2.99. The average molecular weight is 257 g/mol. The third kappa shape index (κ3) is 3.40. The summed E-state index contributed by atoms with van der Waals surface area (Å²) < 4.78 is 0. The zero-order chi connectivity index (χ0) is 13.7. The molecule has 2 aromatic rings. The van der Waals surface area contributed by atoms with Crippen LogP contribution in [0, 0.1) is 0 Å². The summed E-state index contributed by atoms with van der Waals surface area (Å²) in [4.78, 5) is 12.7. The van der Waals surface area contributed by atoms with Crippen molar-refractivity contribution in [2.75, 3.05) is 24.2 Å². The Kier molecular flexibility index (Phi) is 3.94. The number of nitrogens with one attached hydrogen (secondary N) is 2. The highest BCUT2D eigenvalue weighted by Crippen LogP contribution is 2.21. The summed E-state index contributed by atoms with van der Waals surface area (Å²) in [5.74, 6) is 1.61. The Hall–Kier alpha value is -2.17. The van der Waals surface area contributed by atoms with Crippen LogP contribution in [0.5, 0.6) is 0 Å². The quantitative estimate of drug-likeness (QED) is 0.860. The van der Waals surface area contributed by atoms with Crippen LogP contribution in [-0.2, 0) is 5.41 Å². The Morgan fingerprint density at radius 3 is 2.58 bits per heavy atom. The largest absolute Gasteiger partial charge is 0.373 e. The highest BCUT2D eigenvalue weighted by atomic mass is 15.1. The number of hydrogen-bond acceptors (Lipinski definition) is 5. The van der Waals surface area contributed by atoms with Crippen LogP contribution in [0.3, 0.4) is 0 Å². The number of pyridine rings is 1. The summed E-state index contributed by atoms with van der Waals surface area (Å²) in [7, 11) is 1.84. The molecule has 0 atom stereocenters. The van der Waals surface area contributed by atoms with Crippen molar-refractivity contribution in [1.82, 2.24) is 15.0 Å². The summed E-state index contributed by atoms with van der Waals surface area (Å²) in [6.45, 7) is 5.06. The molecule has 0 aliphatic rings. The van der Waals surface area contributed by atoms with E-state index in [0.29, 0.717) is 0 Å². The minimum atomic E-state index is -0.0635.